The highest BCUT2D eigenvalue weighted by Crippen LogP contribution is 2.28. The van der Waals surface area contributed by atoms with Crippen molar-refractivity contribution in [3.63, 3.8) is 0 Å². The van der Waals surface area contributed by atoms with E-state index in [0.29, 0.717) is 19.4 Å². The molecule has 1 aliphatic carbocycles. The minimum absolute atomic E-state index is 0.0432. The van der Waals surface area contributed by atoms with E-state index < -0.39 is 0 Å². The van der Waals surface area contributed by atoms with Crippen LogP contribution < -0.4 is 16.4 Å². The molecule has 0 spiro atoms. The third kappa shape index (κ3) is 5.17. The van der Waals surface area contributed by atoms with Gasteiger partial charge in [0.05, 0.1) is 0 Å². The smallest absolute Gasteiger partial charge is 0.221 e. The van der Waals surface area contributed by atoms with Gasteiger partial charge in [-0.25, -0.2) is 0 Å². The lowest BCUT2D eigenvalue weighted by molar-refractivity contribution is -0.123. The molecule has 2 amide bonds. The average molecular weight is 241 g/mol. The van der Waals surface area contributed by atoms with E-state index in [9.17, 15) is 9.59 Å². The summed E-state index contributed by atoms with van der Waals surface area (Å²) in [6.07, 6.45) is 5.99. The van der Waals surface area contributed by atoms with E-state index >= 15 is 0 Å². The fourth-order valence-corrected chi connectivity index (χ4v) is 2.26. The fraction of sp³-hybridized carbons (Fsp3) is 0.833. The molecule has 5 nitrogen and oxygen atoms in total. The van der Waals surface area contributed by atoms with E-state index in [0.717, 1.165) is 25.7 Å². The van der Waals surface area contributed by atoms with Gasteiger partial charge in [-0.05, 0) is 12.8 Å². The van der Waals surface area contributed by atoms with Crippen LogP contribution in [0.4, 0.5) is 0 Å². The maximum absolute atomic E-state index is 11.7. The van der Waals surface area contributed by atoms with Crippen molar-refractivity contribution in [1.82, 2.24) is 10.6 Å². The summed E-state index contributed by atoms with van der Waals surface area (Å²) in [5.41, 5.74) is 5.85. The maximum atomic E-state index is 11.7. The summed E-state index contributed by atoms with van der Waals surface area (Å²) in [5.74, 6) is -0.108. The molecule has 98 valence electrons. The van der Waals surface area contributed by atoms with Gasteiger partial charge in [-0.2, -0.15) is 0 Å². The molecule has 0 radical (unpaired) electrons. The van der Waals surface area contributed by atoms with Crippen LogP contribution in [0.15, 0.2) is 0 Å². The molecule has 0 atom stereocenters. The third-order valence-corrected chi connectivity index (χ3v) is 3.32. The second-order valence-corrected chi connectivity index (χ2v) is 4.87. The standard InChI is InChI=1S/C12H23N3O2/c1-14-10(16)5-8-15-11(17)9-12(13)6-3-2-4-7-12/h2-9,13H2,1H3,(H,14,16)(H,15,17). The first-order chi connectivity index (χ1) is 8.06. The van der Waals surface area contributed by atoms with Gasteiger partial charge in [0, 0.05) is 32.0 Å². The molecular formula is C12H23N3O2. The Morgan fingerprint density at radius 1 is 1.18 bits per heavy atom. The van der Waals surface area contributed by atoms with Crippen molar-refractivity contribution in [3.8, 4) is 0 Å². The van der Waals surface area contributed by atoms with E-state index in [4.69, 9.17) is 5.73 Å². The molecule has 1 fully saturated rings. The Morgan fingerprint density at radius 2 is 1.82 bits per heavy atom. The van der Waals surface area contributed by atoms with Crippen LogP contribution in [0.25, 0.3) is 0 Å². The van der Waals surface area contributed by atoms with Gasteiger partial charge in [0.1, 0.15) is 0 Å². The minimum atomic E-state index is -0.324. The minimum Gasteiger partial charge on any atom is -0.359 e. The Kier molecular flexibility index (Phi) is 5.41. The molecule has 1 rings (SSSR count). The number of hydrogen-bond donors (Lipinski definition) is 3. The second-order valence-electron chi connectivity index (χ2n) is 4.87. The molecular weight excluding hydrogens is 218 g/mol. The number of amides is 2. The van der Waals surface area contributed by atoms with Gasteiger partial charge >= 0.3 is 0 Å². The van der Waals surface area contributed by atoms with Gasteiger partial charge in [0.15, 0.2) is 0 Å². The van der Waals surface area contributed by atoms with Crippen LogP contribution in [-0.4, -0.2) is 30.9 Å². The van der Waals surface area contributed by atoms with Gasteiger partial charge in [-0.1, -0.05) is 19.3 Å². The Labute approximate surface area is 103 Å². The Morgan fingerprint density at radius 3 is 2.41 bits per heavy atom. The molecule has 5 heteroatoms. The quantitative estimate of drug-likeness (QED) is 0.647. The molecule has 0 aromatic carbocycles. The fourth-order valence-electron chi connectivity index (χ4n) is 2.26. The van der Waals surface area contributed by atoms with Crippen molar-refractivity contribution in [1.29, 1.82) is 0 Å². The summed E-state index contributed by atoms with van der Waals surface area (Å²) in [6.45, 7) is 0.384. The predicted molar refractivity (Wildman–Crippen MR) is 66.3 cm³/mol. The van der Waals surface area contributed by atoms with Gasteiger partial charge in [0.25, 0.3) is 0 Å². The molecule has 0 aromatic heterocycles. The molecule has 1 aliphatic rings. The van der Waals surface area contributed by atoms with E-state index in [-0.39, 0.29) is 17.4 Å². The Balaban J connectivity index is 2.22. The molecule has 0 saturated heterocycles. The van der Waals surface area contributed by atoms with Crippen LogP contribution in [0.3, 0.4) is 0 Å². The second kappa shape index (κ2) is 6.59. The van der Waals surface area contributed by atoms with Crippen LogP contribution in [0.2, 0.25) is 0 Å². The topological polar surface area (TPSA) is 84.2 Å². The summed E-state index contributed by atoms with van der Waals surface area (Å²) in [4.78, 5) is 22.6. The zero-order valence-corrected chi connectivity index (χ0v) is 10.6. The van der Waals surface area contributed by atoms with Crippen molar-refractivity contribution in [3.05, 3.63) is 0 Å². The Bertz CT molecular complexity index is 273. The number of hydrogen-bond acceptors (Lipinski definition) is 3. The zero-order valence-electron chi connectivity index (χ0n) is 10.6. The number of nitrogens with one attached hydrogen (secondary N) is 2. The largest absolute Gasteiger partial charge is 0.359 e. The van der Waals surface area contributed by atoms with E-state index in [1.165, 1.54) is 6.42 Å². The first kappa shape index (κ1) is 14.0. The molecule has 0 heterocycles. The third-order valence-electron chi connectivity index (χ3n) is 3.32. The van der Waals surface area contributed by atoms with Gasteiger partial charge in [-0.3, -0.25) is 9.59 Å². The van der Waals surface area contributed by atoms with Crippen molar-refractivity contribution in [2.24, 2.45) is 5.73 Å². The lowest BCUT2D eigenvalue weighted by Crippen LogP contribution is -2.46. The van der Waals surface area contributed by atoms with Crippen molar-refractivity contribution in [2.45, 2.75) is 50.5 Å². The average Bonchev–Trinajstić information content (AvgIpc) is 2.29. The number of nitrogens with two attached hydrogens (primary N) is 1. The molecule has 0 aliphatic heterocycles. The lowest BCUT2D eigenvalue weighted by Gasteiger charge is -2.32. The van der Waals surface area contributed by atoms with Gasteiger partial charge in [-0.15, -0.1) is 0 Å². The van der Waals surface area contributed by atoms with Crippen LogP contribution in [-0.2, 0) is 9.59 Å². The first-order valence-electron chi connectivity index (χ1n) is 6.32. The van der Waals surface area contributed by atoms with E-state index in [2.05, 4.69) is 10.6 Å². The van der Waals surface area contributed by atoms with Crippen molar-refractivity contribution in [2.75, 3.05) is 13.6 Å². The normalized spacial score (nSPS) is 18.5. The van der Waals surface area contributed by atoms with Crippen molar-refractivity contribution >= 4 is 11.8 Å². The van der Waals surface area contributed by atoms with Crippen LogP contribution in [0, 0.1) is 0 Å². The SMILES string of the molecule is CNC(=O)CCNC(=O)CC1(N)CCCCC1. The maximum Gasteiger partial charge on any atom is 0.221 e. The highest BCUT2D eigenvalue weighted by atomic mass is 16.2. The van der Waals surface area contributed by atoms with Crippen LogP contribution in [0.1, 0.15) is 44.9 Å². The van der Waals surface area contributed by atoms with Crippen molar-refractivity contribution < 1.29 is 9.59 Å². The van der Waals surface area contributed by atoms with Crippen LogP contribution >= 0.6 is 0 Å². The Hall–Kier alpha value is -1.10. The molecule has 17 heavy (non-hydrogen) atoms. The van der Waals surface area contributed by atoms with Gasteiger partial charge < -0.3 is 16.4 Å². The highest BCUT2D eigenvalue weighted by molar-refractivity contribution is 5.79. The summed E-state index contributed by atoms with van der Waals surface area (Å²) >= 11 is 0. The molecule has 4 N–H and O–H groups in total. The molecule has 0 bridgehead atoms. The number of carbonyl (C=O) groups is 2. The molecule has 0 unspecified atom stereocenters. The highest BCUT2D eigenvalue weighted by Gasteiger charge is 2.29. The monoisotopic (exact) mass is 241 g/mol. The van der Waals surface area contributed by atoms with E-state index in [1.807, 2.05) is 0 Å². The zero-order chi connectivity index (χ0) is 12.7. The van der Waals surface area contributed by atoms with Gasteiger partial charge in [0.2, 0.25) is 11.8 Å². The first-order valence-corrected chi connectivity index (χ1v) is 6.32. The number of carbonyl (C=O) groups excluding carboxylic acids is 2. The summed E-state index contributed by atoms with van der Waals surface area (Å²) in [7, 11) is 1.58. The molecule has 1 saturated carbocycles. The predicted octanol–water partition coefficient (Wildman–Crippen LogP) is 0.290. The summed E-state index contributed by atoms with van der Waals surface area (Å²) in [5, 5.41) is 5.25. The summed E-state index contributed by atoms with van der Waals surface area (Å²) < 4.78 is 0. The summed E-state index contributed by atoms with van der Waals surface area (Å²) in [6, 6.07) is 0. The lowest BCUT2D eigenvalue weighted by atomic mass is 9.80. The molecule has 0 aromatic rings. The van der Waals surface area contributed by atoms with E-state index in [1.54, 1.807) is 7.05 Å². The number of rotatable bonds is 5. The van der Waals surface area contributed by atoms with Crippen LogP contribution in [0.5, 0.6) is 0 Å².